The van der Waals surface area contributed by atoms with Crippen LogP contribution in [0.25, 0.3) is 0 Å². The second-order valence-corrected chi connectivity index (χ2v) is 3.99. The standard InChI is InChI=1S/C15H17NO2/c1-3-17-12-7-9-13(10-8-12)18-14-6-4-5-11(2)15(14)16/h4-10H,3,16H2,1-2H3. The molecule has 0 aliphatic rings. The number of para-hydroxylation sites is 1. The zero-order valence-electron chi connectivity index (χ0n) is 10.6. The van der Waals surface area contributed by atoms with E-state index in [1.165, 1.54) is 0 Å². The van der Waals surface area contributed by atoms with Crippen LogP contribution in [-0.4, -0.2) is 6.61 Å². The highest BCUT2D eigenvalue weighted by molar-refractivity contribution is 5.59. The van der Waals surface area contributed by atoms with E-state index in [1.807, 2.05) is 56.3 Å². The molecule has 18 heavy (non-hydrogen) atoms. The van der Waals surface area contributed by atoms with Gasteiger partial charge in [-0.05, 0) is 49.7 Å². The Labute approximate surface area is 107 Å². The van der Waals surface area contributed by atoms with Gasteiger partial charge in [-0.1, -0.05) is 12.1 Å². The number of nitrogen functional groups attached to an aromatic ring is 1. The molecule has 2 aromatic carbocycles. The van der Waals surface area contributed by atoms with Gasteiger partial charge in [0.25, 0.3) is 0 Å². The summed E-state index contributed by atoms with van der Waals surface area (Å²) in [5.41, 5.74) is 7.64. The second-order valence-electron chi connectivity index (χ2n) is 3.99. The summed E-state index contributed by atoms with van der Waals surface area (Å²) in [7, 11) is 0. The molecule has 2 rings (SSSR count). The van der Waals surface area contributed by atoms with Crippen molar-refractivity contribution < 1.29 is 9.47 Å². The quantitative estimate of drug-likeness (QED) is 0.831. The minimum atomic E-state index is 0.658. The summed E-state index contributed by atoms with van der Waals surface area (Å²) in [5, 5.41) is 0. The molecule has 0 atom stereocenters. The van der Waals surface area contributed by atoms with Crippen LogP contribution in [0.3, 0.4) is 0 Å². The van der Waals surface area contributed by atoms with E-state index in [1.54, 1.807) is 0 Å². The fourth-order valence-corrected chi connectivity index (χ4v) is 1.64. The maximum atomic E-state index is 5.96. The van der Waals surface area contributed by atoms with Gasteiger partial charge < -0.3 is 15.2 Å². The van der Waals surface area contributed by atoms with E-state index in [4.69, 9.17) is 15.2 Å². The summed E-state index contributed by atoms with van der Waals surface area (Å²) in [4.78, 5) is 0. The Kier molecular flexibility index (Phi) is 3.72. The zero-order chi connectivity index (χ0) is 13.0. The maximum Gasteiger partial charge on any atom is 0.150 e. The average molecular weight is 243 g/mol. The molecular weight excluding hydrogens is 226 g/mol. The van der Waals surface area contributed by atoms with Crippen LogP contribution in [0.2, 0.25) is 0 Å². The zero-order valence-corrected chi connectivity index (χ0v) is 10.6. The van der Waals surface area contributed by atoms with E-state index >= 15 is 0 Å². The number of ether oxygens (including phenoxy) is 2. The number of benzene rings is 2. The number of hydrogen-bond acceptors (Lipinski definition) is 3. The molecule has 0 aromatic heterocycles. The fourth-order valence-electron chi connectivity index (χ4n) is 1.64. The summed E-state index contributed by atoms with van der Waals surface area (Å²) in [6.07, 6.45) is 0. The van der Waals surface area contributed by atoms with E-state index in [2.05, 4.69) is 0 Å². The molecule has 0 aliphatic carbocycles. The van der Waals surface area contributed by atoms with Crippen LogP contribution in [0.4, 0.5) is 5.69 Å². The number of aryl methyl sites for hydroxylation is 1. The van der Waals surface area contributed by atoms with Gasteiger partial charge in [-0.25, -0.2) is 0 Å². The highest BCUT2D eigenvalue weighted by Gasteiger charge is 2.04. The highest BCUT2D eigenvalue weighted by Crippen LogP contribution is 2.30. The lowest BCUT2D eigenvalue weighted by Crippen LogP contribution is -1.95. The normalized spacial score (nSPS) is 10.1. The topological polar surface area (TPSA) is 44.5 Å². The van der Waals surface area contributed by atoms with Gasteiger partial charge in [0.15, 0.2) is 5.75 Å². The molecule has 3 nitrogen and oxygen atoms in total. The molecule has 0 unspecified atom stereocenters. The Morgan fingerprint density at radius 1 is 1.00 bits per heavy atom. The van der Waals surface area contributed by atoms with Crippen LogP contribution < -0.4 is 15.2 Å². The lowest BCUT2D eigenvalue weighted by atomic mass is 10.2. The summed E-state index contributed by atoms with van der Waals surface area (Å²) in [6.45, 7) is 4.57. The monoisotopic (exact) mass is 243 g/mol. The molecule has 0 bridgehead atoms. The van der Waals surface area contributed by atoms with Crippen molar-refractivity contribution >= 4 is 5.69 Å². The Balaban J connectivity index is 2.16. The van der Waals surface area contributed by atoms with Gasteiger partial charge in [-0.3, -0.25) is 0 Å². The summed E-state index contributed by atoms with van der Waals surface area (Å²) in [5.74, 6) is 2.26. The lowest BCUT2D eigenvalue weighted by Gasteiger charge is -2.10. The van der Waals surface area contributed by atoms with Crippen molar-refractivity contribution in [2.24, 2.45) is 0 Å². The van der Waals surface area contributed by atoms with Crippen molar-refractivity contribution in [3.05, 3.63) is 48.0 Å². The first-order chi connectivity index (χ1) is 8.70. The number of hydrogen-bond donors (Lipinski definition) is 1. The van der Waals surface area contributed by atoms with E-state index in [0.717, 1.165) is 17.1 Å². The molecule has 0 fully saturated rings. The van der Waals surface area contributed by atoms with E-state index in [0.29, 0.717) is 18.0 Å². The molecule has 0 aliphatic heterocycles. The van der Waals surface area contributed by atoms with Crippen LogP contribution in [0.5, 0.6) is 17.2 Å². The van der Waals surface area contributed by atoms with Gasteiger partial charge in [0.2, 0.25) is 0 Å². The number of nitrogens with two attached hydrogens (primary N) is 1. The maximum absolute atomic E-state index is 5.96. The van der Waals surface area contributed by atoms with Gasteiger partial charge in [0.1, 0.15) is 11.5 Å². The lowest BCUT2D eigenvalue weighted by molar-refractivity contribution is 0.339. The summed E-state index contributed by atoms with van der Waals surface area (Å²) >= 11 is 0. The fraction of sp³-hybridized carbons (Fsp3) is 0.200. The first kappa shape index (κ1) is 12.3. The van der Waals surface area contributed by atoms with Crippen molar-refractivity contribution in [2.45, 2.75) is 13.8 Å². The molecule has 0 heterocycles. The molecule has 0 radical (unpaired) electrons. The third-order valence-corrected chi connectivity index (χ3v) is 2.65. The first-order valence-corrected chi connectivity index (χ1v) is 5.96. The van der Waals surface area contributed by atoms with Crippen molar-refractivity contribution in [2.75, 3.05) is 12.3 Å². The van der Waals surface area contributed by atoms with Crippen LogP contribution in [0.15, 0.2) is 42.5 Å². The second kappa shape index (κ2) is 5.45. The first-order valence-electron chi connectivity index (χ1n) is 5.96. The van der Waals surface area contributed by atoms with Gasteiger partial charge in [0.05, 0.1) is 12.3 Å². The minimum Gasteiger partial charge on any atom is -0.494 e. The van der Waals surface area contributed by atoms with Gasteiger partial charge in [0, 0.05) is 0 Å². The summed E-state index contributed by atoms with van der Waals surface area (Å²) < 4.78 is 11.1. The summed E-state index contributed by atoms with van der Waals surface area (Å²) in [6, 6.07) is 13.2. The Bertz CT molecular complexity index is 521. The van der Waals surface area contributed by atoms with Crippen molar-refractivity contribution in [1.82, 2.24) is 0 Å². The smallest absolute Gasteiger partial charge is 0.150 e. The average Bonchev–Trinajstić information content (AvgIpc) is 2.38. The van der Waals surface area contributed by atoms with Crippen LogP contribution in [0, 0.1) is 6.92 Å². The van der Waals surface area contributed by atoms with Crippen LogP contribution in [0.1, 0.15) is 12.5 Å². The molecule has 2 N–H and O–H groups in total. The molecule has 0 amide bonds. The Hall–Kier alpha value is -2.16. The molecule has 2 aromatic rings. The van der Waals surface area contributed by atoms with Gasteiger partial charge >= 0.3 is 0 Å². The predicted octanol–water partition coefficient (Wildman–Crippen LogP) is 3.77. The largest absolute Gasteiger partial charge is 0.494 e. The third kappa shape index (κ3) is 2.74. The van der Waals surface area contributed by atoms with Crippen molar-refractivity contribution in [3.63, 3.8) is 0 Å². The SMILES string of the molecule is CCOc1ccc(Oc2cccc(C)c2N)cc1. The molecular formula is C15H17NO2. The van der Waals surface area contributed by atoms with E-state index < -0.39 is 0 Å². The third-order valence-electron chi connectivity index (χ3n) is 2.65. The number of rotatable bonds is 4. The van der Waals surface area contributed by atoms with Crippen molar-refractivity contribution in [1.29, 1.82) is 0 Å². The van der Waals surface area contributed by atoms with Crippen LogP contribution >= 0.6 is 0 Å². The predicted molar refractivity (Wildman–Crippen MR) is 73.3 cm³/mol. The Morgan fingerprint density at radius 2 is 1.67 bits per heavy atom. The van der Waals surface area contributed by atoms with Gasteiger partial charge in [-0.2, -0.15) is 0 Å². The highest BCUT2D eigenvalue weighted by atomic mass is 16.5. The Morgan fingerprint density at radius 3 is 2.33 bits per heavy atom. The molecule has 0 saturated carbocycles. The number of anilines is 1. The van der Waals surface area contributed by atoms with Crippen LogP contribution in [-0.2, 0) is 0 Å². The van der Waals surface area contributed by atoms with E-state index in [-0.39, 0.29) is 0 Å². The molecule has 0 saturated heterocycles. The molecule has 0 spiro atoms. The molecule has 94 valence electrons. The van der Waals surface area contributed by atoms with E-state index in [9.17, 15) is 0 Å². The van der Waals surface area contributed by atoms with Crippen molar-refractivity contribution in [3.8, 4) is 17.2 Å². The molecule has 3 heteroatoms. The minimum absolute atomic E-state index is 0.658. The van der Waals surface area contributed by atoms with Gasteiger partial charge in [-0.15, -0.1) is 0 Å².